The van der Waals surface area contributed by atoms with Crippen LogP contribution < -0.4 is 4.90 Å². The molecule has 4 heteroatoms. The third kappa shape index (κ3) is 3.42. The molecule has 2 fully saturated rings. The number of piperidine rings is 2. The minimum Gasteiger partial charge on any atom is -0.371 e. The molecule has 1 aromatic heterocycles. The van der Waals surface area contributed by atoms with Gasteiger partial charge in [-0.25, -0.2) is 0 Å². The van der Waals surface area contributed by atoms with E-state index in [1.54, 1.807) is 6.20 Å². The second-order valence-electron chi connectivity index (χ2n) is 7.04. The standard InChI is InChI=1S/C18H27N3O/c1-14-4-9-20(10-5-14)16-3-8-19-17(13-16)18(22)21-11-6-15(2)7-12-21/h3,8,13-15H,4-7,9-12H2,1-2H3. The van der Waals surface area contributed by atoms with E-state index in [1.165, 1.54) is 12.8 Å². The topological polar surface area (TPSA) is 36.4 Å². The highest BCUT2D eigenvalue weighted by Crippen LogP contribution is 2.24. The summed E-state index contributed by atoms with van der Waals surface area (Å²) in [7, 11) is 0. The van der Waals surface area contributed by atoms with E-state index < -0.39 is 0 Å². The van der Waals surface area contributed by atoms with Gasteiger partial charge in [0.25, 0.3) is 5.91 Å². The largest absolute Gasteiger partial charge is 0.371 e. The van der Waals surface area contributed by atoms with Crippen molar-refractivity contribution in [3.63, 3.8) is 0 Å². The molecule has 0 radical (unpaired) electrons. The maximum atomic E-state index is 12.6. The smallest absolute Gasteiger partial charge is 0.272 e. The predicted molar refractivity (Wildman–Crippen MR) is 89.1 cm³/mol. The lowest BCUT2D eigenvalue weighted by molar-refractivity contribution is 0.0691. The van der Waals surface area contributed by atoms with Crippen LogP contribution >= 0.6 is 0 Å². The Balaban J connectivity index is 1.69. The summed E-state index contributed by atoms with van der Waals surface area (Å²) < 4.78 is 0. The summed E-state index contributed by atoms with van der Waals surface area (Å²) >= 11 is 0. The van der Waals surface area contributed by atoms with Gasteiger partial charge >= 0.3 is 0 Å². The fourth-order valence-corrected chi connectivity index (χ4v) is 3.37. The van der Waals surface area contributed by atoms with Crippen molar-refractivity contribution in [2.24, 2.45) is 11.8 Å². The van der Waals surface area contributed by atoms with Crippen molar-refractivity contribution >= 4 is 11.6 Å². The van der Waals surface area contributed by atoms with Gasteiger partial charge < -0.3 is 9.80 Å². The Labute approximate surface area is 133 Å². The molecule has 4 nitrogen and oxygen atoms in total. The summed E-state index contributed by atoms with van der Waals surface area (Å²) in [6.45, 7) is 8.48. The fraction of sp³-hybridized carbons (Fsp3) is 0.667. The molecule has 0 aromatic carbocycles. The molecule has 22 heavy (non-hydrogen) atoms. The zero-order chi connectivity index (χ0) is 15.5. The Morgan fingerprint density at radius 2 is 1.64 bits per heavy atom. The summed E-state index contributed by atoms with van der Waals surface area (Å²) in [5.74, 6) is 1.65. The van der Waals surface area contributed by atoms with E-state index in [9.17, 15) is 4.79 Å². The van der Waals surface area contributed by atoms with Crippen molar-refractivity contribution < 1.29 is 4.79 Å². The molecular formula is C18H27N3O. The second kappa shape index (κ2) is 6.67. The van der Waals surface area contributed by atoms with Gasteiger partial charge in [-0.15, -0.1) is 0 Å². The summed E-state index contributed by atoms with van der Waals surface area (Å²) in [5, 5.41) is 0. The first-order chi connectivity index (χ1) is 10.6. The van der Waals surface area contributed by atoms with Crippen molar-refractivity contribution in [3.05, 3.63) is 24.0 Å². The van der Waals surface area contributed by atoms with E-state index in [4.69, 9.17) is 0 Å². The van der Waals surface area contributed by atoms with Gasteiger partial charge in [0.2, 0.25) is 0 Å². The van der Waals surface area contributed by atoms with Crippen LogP contribution in [0.25, 0.3) is 0 Å². The Hall–Kier alpha value is -1.58. The predicted octanol–water partition coefficient (Wildman–Crippen LogP) is 3.19. The van der Waals surface area contributed by atoms with E-state index >= 15 is 0 Å². The van der Waals surface area contributed by atoms with Crippen LogP contribution in [-0.2, 0) is 0 Å². The van der Waals surface area contributed by atoms with Crippen molar-refractivity contribution in [1.29, 1.82) is 0 Å². The first-order valence-corrected chi connectivity index (χ1v) is 8.64. The number of rotatable bonds is 2. The van der Waals surface area contributed by atoms with Crippen LogP contribution in [0.3, 0.4) is 0 Å². The fourth-order valence-electron chi connectivity index (χ4n) is 3.37. The number of aromatic nitrogens is 1. The van der Waals surface area contributed by atoms with E-state index in [2.05, 4.69) is 23.7 Å². The molecule has 0 N–H and O–H groups in total. The van der Waals surface area contributed by atoms with Crippen LogP contribution in [0, 0.1) is 11.8 Å². The quantitative estimate of drug-likeness (QED) is 0.841. The van der Waals surface area contributed by atoms with Gasteiger partial charge in [0.05, 0.1) is 0 Å². The molecular weight excluding hydrogens is 274 g/mol. The molecule has 120 valence electrons. The number of amides is 1. The van der Waals surface area contributed by atoms with Crippen molar-refractivity contribution in [1.82, 2.24) is 9.88 Å². The van der Waals surface area contributed by atoms with Gasteiger partial charge in [0.15, 0.2) is 0 Å². The summed E-state index contributed by atoms with van der Waals surface area (Å²) in [6.07, 6.45) is 6.46. The van der Waals surface area contributed by atoms with Gasteiger partial charge in [-0.2, -0.15) is 0 Å². The normalized spacial score (nSPS) is 21.2. The molecule has 2 aliphatic rings. The highest BCUT2D eigenvalue weighted by molar-refractivity contribution is 5.93. The summed E-state index contributed by atoms with van der Waals surface area (Å²) in [4.78, 5) is 21.3. The Bertz CT molecular complexity index is 515. The number of likely N-dealkylation sites (tertiary alicyclic amines) is 1. The Morgan fingerprint density at radius 3 is 2.27 bits per heavy atom. The lowest BCUT2D eigenvalue weighted by atomic mass is 9.98. The highest BCUT2D eigenvalue weighted by Gasteiger charge is 2.23. The van der Waals surface area contributed by atoms with Gasteiger partial charge in [0, 0.05) is 38.1 Å². The van der Waals surface area contributed by atoms with E-state index in [0.717, 1.165) is 56.5 Å². The van der Waals surface area contributed by atoms with Crippen LogP contribution in [0.1, 0.15) is 50.0 Å². The van der Waals surface area contributed by atoms with E-state index in [0.29, 0.717) is 5.69 Å². The number of hydrogen-bond donors (Lipinski definition) is 0. The van der Waals surface area contributed by atoms with Crippen LogP contribution in [0.4, 0.5) is 5.69 Å². The molecule has 1 aromatic rings. The minimum absolute atomic E-state index is 0.0964. The number of hydrogen-bond acceptors (Lipinski definition) is 3. The van der Waals surface area contributed by atoms with Crippen molar-refractivity contribution in [3.8, 4) is 0 Å². The third-order valence-corrected chi connectivity index (χ3v) is 5.18. The SMILES string of the molecule is CC1CCN(C(=O)c2cc(N3CCC(C)CC3)ccn2)CC1. The molecule has 0 spiro atoms. The molecule has 0 atom stereocenters. The van der Waals surface area contributed by atoms with Crippen LogP contribution in [-0.4, -0.2) is 42.0 Å². The molecule has 1 amide bonds. The Morgan fingerprint density at radius 1 is 1.05 bits per heavy atom. The molecule has 3 heterocycles. The molecule has 0 unspecified atom stereocenters. The van der Waals surface area contributed by atoms with Crippen LogP contribution in [0.15, 0.2) is 18.3 Å². The molecule has 2 saturated heterocycles. The maximum Gasteiger partial charge on any atom is 0.272 e. The van der Waals surface area contributed by atoms with Gasteiger partial charge in [-0.1, -0.05) is 13.8 Å². The van der Waals surface area contributed by atoms with Crippen molar-refractivity contribution in [2.75, 3.05) is 31.1 Å². The first kappa shape index (κ1) is 15.3. The monoisotopic (exact) mass is 301 g/mol. The second-order valence-corrected chi connectivity index (χ2v) is 7.04. The first-order valence-electron chi connectivity index (χ1n) is 8.64. The number of carbonyl (C=O) groups is 1. The molecule has 2 aliphatic heterocycles. The number of nitrogens with zero attached hydrogens (tertiary/aromatic N) is 3. The molecule has 0 saturated carbocycles. The van der Waals surface area contributed by atoms with Crippen molar-refractivity contribution in [2.45, 2.75) is 39.5 Å². The third-order valence-electron chi connectivity index (χ3n) is 5.18. The Kier molecular flexibility index (Phi) is 4.65. The maximum absolute atomic E-state index is 12.6. The molecule has 0 aliphatic carbocycles. The number of carbonyl (C=O) groups excluding carboxylic acids is 1. The molecule has 3 rings (SSSR count). The zero-order valence-electron chi connectivity index (χ0n) is 13.8. The molecule has 0 bridgehead atoms. The minimum atomic E-state index is 0.0964. The number of anilines is 1. The summed E-state index contributed by atoms with van der Waals surface area (Å²) in [6, 6.07) is 4.02. The van der Waals surface area contributed by atoms with Gasteiger partial charge in [-0.05, 0) is 49.7 Å². The average molecular weight is 301 g/mol. The van der Waals surface area contributed by atoms with Gasteiger partial charge in [-0.3, -0.25) is 9.78 Å². The van der Waals surface area contributed by atoms with Crippen LogP contribution in [0.2, 0.25) is 0 Å². The zero-order valence-corrected chi connectivity index (χ0v) is 13.8. The van der Waals surface area contributed by atoms with Crippen LogP contribution in [0.5, 0.6) is 0 Å². The van der Waals surface area contributed by atoms with E-state index in [1.807, 2.05) is 17.0 Å². The number of pyridine rings is 1. The highest BCUT2D eigenvalue weighted by atomic mass is 16.2. The summed E-state index contributed by atoms with van der Waals surface area (Å²) in [5.41, 5.74) is 1.75. The lowest BCUT2D eigenvalue weighted by Gasteiger charge is -2.33. The van der Waals surface area contributed by atoms with E-state index in [-0.39, 0.29) is 5.91 Å². The van der Waals surface area contributed by atoms with Gasteiger partial charge in [0.1, 0.15) is 5.69 Å². The lowest BCUT2D eigenvalue weighted by Crippen LogP contribution is -2.38. The average Bonchev–Trinajstić information content (AvgIpc) is 2.56.